The second-order valence-electron chi connectivity index (χ2n) is 6.53. The first-order chi connectivity index (χ1) is 14.6. The Kier molecular flexibility index (Phi) is 7.86. The molecule has 31 heavy (non-hydrogen) atoms. The van der Waals surface area contributed by atoms with E-state index in [4.69, 9.17) is 11.4 Å². The van der Waals surface area contributed by atoms with Gasteiger partial charge in [-0.25, -0.2) is 9.67 Å². The lowest BCUT2D eigenvalue weighted by atomic mass is 10.1. The molecule has 0 spiro atoms. The number of likely N-dealkylation sites (N-methyl/N-ethyl adjacent to an activating group) is 1. The molecule has 0 fully saturated rings. The van der Waals surface area contributed by atoms with Crippen molar-refractivity contribution in [2.45, 2.75) is 21.9 Å². The van der Waals surface area contributed by atoms with Crippen molar-refractivity contribution in [3.8, 4) is 23.6 Å². The van der Waals surface area contributed by atoms with Crippen molar-refractivity contribution in [3.63, 3.8) is 0 Å². The monoisotopic (exact) mass is 473 g/mol. The smallest absolute Gasteiger partial charge is 0.254 e. The minimum Gasteiger partial charge on any atom is -0.308 e. The molecule has 0 aliphatic carbocycles. The molecule has 0 radical (unpaired) electrons. The standard InChI is InChI=1S/C19H19N9S2.ClH/c1-4-12-29-18-21-17-20-15(14-8-6-5-7-9-14)13-16(28(17)23-18)30-19-22-24-25-27(19)11-10-26(2)3;/h1,5-9,13H,10-12H2,2-3H3;1H. The highest BCUT2D eigenvalue weighted by atomic mass is 35.5. The van der Waals surface area contributed by atoms with E-state index in [0.29, 0.717) is 28.4 Å². The highest BCUT2D eigenvalue weighted by Gasteiger charge is 2.17. The third-order valence-corrected chi connectivity index (χ3v) is 5.79. The number of nitrogens with zero attached hydrogens (tertiary/aromatic N) is 9. The van der Waals surface area contributed by atoms with E-state index in [-0.39, 0.29) is 12.4 Å². The van der Waals surface area contributed by atoms with E-state index in [9.17, 15) is 0 Å². The predicted molar refractivity (Wildman–Crippen MR) is 124 cm³/mol. The predicted octanol–water partition coefficient (Wildman–Crippen LogP) is 2.64. The Morgan fingerprint density at radius 3 is 2.71 bits per heavy atom. The van der Waals surface area contributed by atoms with E-state index in [1.54, 1.807) is 9.20 Å². The quantitative estimate of drug-likeness (QED) is 0.217. The van der Waals surface area contributed by atoms with Gasteiger partial charge in [0, 0.05) is 12.1 Å². The van der Waals surface area contributed by atoms with Gasteiger partial charge in [0.1, 0.15) is 5.03 Å². The molecule has 0 aliphatic rings. The molecule has 0 saturated carbocycles. The van der Waals surface area contributed by atoms with Crippen molar-refractivity contribution in [1.82, 2.24) is 44.7 Å². The lowest BCUT2D eigenvalue weighted by Crippen LogP contribution is -2.19. The van der Waals surface area contributed by atoms with E-state index in [1.165, 1.54) is 23.5 Å². The number of rotatable bonds is 8. The highest BCUT2D eigenvalue weighted by Crippen LogP contribution is 2.30. The van der Waals surface area contributed by atoms with Crippen molar-refractivity contribution >= 4 is 41.7 Å². The lowest BCUT2D eigenvalue weighted by Gasteiger charge is -2.10. The molecule has 4 rings (SSSR count). The van der Waals surface area contributed by atoms with Crippen molar-refractivity contribution < 1.29 is 0 Å². The second-order valence-corrected chi connectivity index (χ2v) is 8.46. The molecular weight excluding hydrogens is 454 g/mol. The maximum absolute atomic E-state index is 5.38. The fourth-order valence-electron chi connectivity index (χ4n) is 2.62. The van der Waals surface area contributed by atoms with E-state index in [2.05, 4.69) is 36.4 Å². The third kappa shape index (κ3) is 5.54. The van der Waals surface area contributed by atoms with Gasteiger partial charge in [0.25, 0.3) is 5.78 Å². The largest absolute Gasteiger partial charge is 0.308 e. The summed E-state index contributed by atoms with van der Waals surface area (Å²) in [5.41, 5.74) is 1.80. The van der Waals surface area contributed by atoms with Crippen LogP contribution in [0.1, 0.15) is 0 Å². The number of fused-ring (bicyclic) bond motifs is 1. The normalized spacial score (nSPS) is 10.9. The van der Waals surface area contributed by atoms with E-state index in [1.807, 2.05) is 50.5 Å². The first kappa shape index (κ1) is 23.0. The van der Waals surface area contributed by atoms with E-state index in [0.717, 1.165) is 22.8 Å². The summed E-state index contributed by atoms with van der Waals surface area (Å²) in [7, 11) is 4.03. The number of thioether (sulfide) groups is 1. The highest BCUT2D eigenvalue weighted by molar-refractivity contribution is 7.99. The number of hydrogen-bond acceptors (Lipinski definition) is 9. The lowest BCUT2D eigenvalue weighted by molar-refractivity contribution is 0.361. The number of aromatic nitrogens is 8. The van der Waals surface area contributed by atoms with Crippen LogP contribution < -0.4 is 0 Å². The summed E-state index contributed by atoms with van der Waals surface area (Å²) in [6.07, 6.45) is 5.38. The Bertz CT molecular complexity index is 1180. The maximum Gasteiger partial charge on any atom is 0.254 e. The molecule has 9 nitrogen and oxygen atoms in total. The molecule has 0 aliphatic heterocycles. The van der Waals surface area contributed by atoms with Gasteiger partial charge in [0.15, 0.2) is 0 Å². The Hall–Kier alpha value is -2.65. The summed E-state index contributed by atoms with van der Waals surface area (Å²) < 4.78 is 3.49. The van der Waals surface area contributed by atoms with Crippen molar-refractivity contribution in [2.75, 3.05) is 26.4 Å². The molecule has 3 aromatic heterocycles. The van der Waals surface area contributed by atoms with Gasteiger partial charge in [-0.3, -0.25) is 0 Å². The maximum atomic E-state index is 5.38. The summed E-state index contributed by atoms with van der Waals surface area (Å²) in [6.45, 7) is 1.51. The summed E-state index contributed by atoms with van der Waals surface area (Å²) in [4.78, 5) is 11.3. The zero-order chi connectivity index (χ0) is 20.9. The molecule has 0 amide bonds. The average molecular weight is 474 g/mol. The van der Waals surface area contributed by atoms with Crippen LogP contribution in [0, 0.1) is 12.3 Å². The number of hydrogen-bond donors (Lipinski definition) is 0. The van der Waals surface area contributed by atoms with Crippen LogP contribution in [0.3, 0.4) is 0 Å². The first-order valence-electron chi connectivity index (χ1n) is 9.12. The Morgan fingerprint density at radius 1 is 1.16 bits per heavy atom. The summed E-state index contributed by atoms with van der Waals surface area (Å²) >= 11 is 2.83. The van der Waals surface area contributed by atoms with Gasteiger partial charge in [-0.05, 0) is 42.4 Å². The molecule has 0 bridgehead atoms. The second kappa shape index (κ2) is 10.6. The molecule has 0 unspecified atom stereocenters. The average Bonchev–Trinajstić information content (AvgIpc) is 3.37. The van der Waals surface area contributed by atoms with Gasteiger partial charge in [0.05, 0.1) is 18.0 Å². The Balaban J connectivity index is 0.00000272. The molecule has 4 aromatic rings. The zero-order valence-corrected chi connectivity index (χ0v) is 19.4. The van der Waals surface area contributed by atoms with Crippen LogP contribution in [0.2, 0.25) is 0 Å². The molecule has 0 N–H and O–H groups in total. The van der Waals surface area contributed by atoms with Gasteiger partial charge in [-0.2, -0.15) is 9.50 Å². The van der Waals surface area contributed by atoms with Crippen molar-refractivity contribution in [3.05, 3.63) is 36.4 Å². The fraction of sp³-hybridized carbons (Fsp3) is 0.263. The number of halogens is 1. The van der Waals surface area contributed by atoms with Crippen LogP contribution in [-0.4, -0.2) is 71.1 Å². The summed E-state index contributed by atoms with van der Waals surface area (Å²) in [6, 6.07) is 11.9. The molecule has 0 saturated heterocycles. The van der Waals surface area contributed by atoms with Gasteiger partial charge >= 0.3 is 0 Å². The Labute approximate surface area is 194 Å². The molecule has 1 aromatic carbocycles. The molecular formula is C19H20ClN9S2. The topological polar surface area (TPSA) is 89.9 Å². The van der Waals surface area contributed by atoms with Crippen LogP contribution in [0.4, 0.5) is 0 Å². The minimum absolute atomic E-state index is 0. The van der Waals surface area contributed by atoms with Gasteiger partial charge in [-0.1, -0.05) is 48.0 Å². The third-order valence-electron chi connectivity index (χ3n) is 4.07. The summed E-state index contributed by atoms with van der Waals surface area (Å²) in [5.74, 6) is 3.59. The molecule has 160 valence electrons. The number of benzene rings is 1. The van der Waals surface area contributed by atoms with Crippen molar-refractivity contribution in [1.29, 1.82) is 0 Å². The van der Waals surface area contributed by atoms with Crippen LogP contribution in [-0.2, 0) is 6.54 Å². The number of tetrazole rings is 1. The molecule has 0 atom stereocenters. The minimum atomic E-state index is 0. The van der Waals surface area contributed by atoms with E-state index >= 15 is 0 Å². The van der Waals surface area contributed by atoms with Crippen LogP contribution in [0.15, 0.2) is 51.7 Å². The zero-order valence-electron chi connectivity index (χ0n) is 16.9. The van der Waals surface area contributed by atoms with Gasteiger partial charge in [0.2, 0.25) is 10.3 Å². The first-order valence-corrected chi connectivity index (χ1v) is 10.9. The number of terminal acetylenes is 1. The van der Waals surface area contributed by atoms with Crippen molar-refractivity contribution in [2.24, 2.45) is 0 Å². The summed E-state index contributed by atoms with van der Waals surface area (Å²) in [5, 5.41) is 18.8. The van der Waals surface area contributed by atoms with Gasteiger partial charge < -0.3 is 4.90 Å². The van der Waals surface area contributed by atoms with Crippen LogP contribution >= 0.6 is 35.9 Å². The van der Waals surface area contributed by atoms with Gasteiger partial charge in [-0.15, -0.1) is 29.0 Å². The molecule has 12 heteroatoms. The Morgan fingerprint density at radius 2 is 1.97 bits per heavy atom. The van der Waals surface area contributed by atoms with E-state index < -0.39 is 0 Å². The SMILES string of the molecule is C#CCSc1nc2nc(-c3ccccc3)cc(Sc3nnnn3CCN(C)C)n2n1.Cl. The molecule has 3 heterocycles. The van der Waals surface area contributed by atoms with Crippen LogP contribution in [0.5, 0.6) is 0 Å². The fourth-order valence-corrected chi connectivity index (χ4v) is 3.99. The van der Waals surface area contributed by atoms with Crippen LogP contribution in [0.25, 0.3) is 17.0 Å².